The van der Waals surface area contributed by atoms with E-state index in [-0.39, 0.29) is 18.2 Å². The first-order valence-electron chi connectivity index (χ1n) is 5.23. The Morgan fingerprint density at radius 1 is 1.31 bits per heavy atom. The molecule has 0 aliphatic carbocycles. The number of hydrogen-bond acceptors (Lipinski definition) is 3. The summed E-state index contributed by atoms with van der Waals surface area (Å²) in [4.78, 5) is 11.6. The van der Waals surface area contributed by atoms with Gasteiger partial charge in [0.2, 0.25) is 0 Å². The van der Waals surface area contributed by atoms with Crippen molar-refractivity contribution in [3.63, 3.8) is 0 Å². The molecule has 0 N–H and O–H groups in total. The van der Waals surface area contributed by atoms with Crippen LogP contribution in [0.3, 0.4) is 0 Å². The van der Waals surface area contributed by atoms with Crippen LogP contribution < -0.4 is 0 Å². The fraction of sp³-hybridized carbons (Fsp3) is 0.308. The number of rotatable bonds is 2. The summed E-state index contributed by atoms with van der Waals surface area (Å²) in [5.41, 5.74) is 1.56. The summed E-state index contributed by atoms with van der Waals surface area (Å²) in [6.07, 6.45) is 1.45. The maximum atomic E-state index is 11.6. The van der Waals surface area contributed by atoms with Crippen LogP contribution in [0, 0.1) is 0 Å². The molecule has 3 nitrogen and oxygen atoms in total. The highest BCUT2D eigenvalue weighted by atomic mass is 16.5. The van der Waals surface area contributed by atoms with E-state index in [1.165, 1.54) is 7.11 Å². The van der Waals surface area contributed by atoms with Crippen LogP contribution in [-0.2, 0) is 14.3 Å². The quantitative estimate of drug-likeness (QED) is 0.714. The van der Waals surface area contributed by atoms with Crippen molar-refractivity contribution < 1.29 is 14.3 Å². The first kappa shape index (κ1) is 10.9. The summed E-state index contributed by atoms with van der Waals surface area (Å²) in [7, 11) is 1.38. The molecule has 1 aromatic rings. The fourth-order valence-corrected chi connectivity index (χ4v) is 1.85. The molecule has 1 heterocycles. The van der Waals surface area contributed by atoms with Crippen molar-refractivity contribution in [2.75, 3.05) is 7.11 Å². The van der Waals surface area contributed by atoms with Crippen molar-refractivity contribution in [2.45, 2.75) is 19.1 Å². The van der Waals surface area contributed by atoms with Gasteiger partial charge in [0.05, 0.1) is 18.8 Å². The average Bonchev–Trinajstić information content (AvgIpc) is 2.71. The van der Waals surface area contributed by atoms with Crippen LogP contribution in [0.1, 0.15) is 18.6 Å². The Hall–Kier alpha value is -1.61. The largest absolute Gasteiger partial charge is 0.466 e. The number of carbonyl (C=O) groups is 1. The van der Waals surface area contributed by atoms with Gasteiger partial charge in [-0.1, -0.05) is 30.3 Å². The smallest absolute Gasteiger partial charge is 0.336 e. The molecule has 84 valence electrons. The molecule has 0 fully saturated rings. The lowest BCUT2D eigenvalue weighted by atomic mass is 10.0. The van der Waals surface area contributed by atoms with E-state index in [0.29, 0.717) is 5.57 Å². The predicted molar refractivity (Wildman–Crippen MR) is 59.8 cm³/mol. The Bertz CT molecular complexity index is 408. The van der Waals surface area contributed by atoms with Gasteiger partial charge in [0, 0.05) is 0 Å². The van der Waals surface area contributed by atoms with Gasteiger partial charge in [-0.25, -0.2) is 4.79 Å². The highest BCUT2D eigenvalue weighted by Gasteiger charge is 2.31. The third-order valence-electron chi connectivity index (χ3n) is 2.57. The zero-order valence-electron chi connectivity index (χ0n) is 9.34. The molecular weight excluding hydrogens is 204 g/mol. The van der Waals surface area contributed by atoms with E-state index in [1.807, 2.05) is 43.3 Å². The topological polar surface area (TPSA) is 35.5 Å². The monoisotopic (exact) mass is 218 g/mol. The van der Waals surface area contributed by atoms with Crippen LogP contribution in [0.4, 0.5) is 0 Å². The SMILES string of the molecule is COC(=O)C1=C[C@@H](C)O[C@H]1c1ccccc1. The number of esters is 1. The number of hydrogen-bond donors (Lipinski definition) is 0. The van der Waals surface area contributed by atoms with Crippen LogP contribution in [0.5, 0.6) is 0 Å². The minimum absolute atomic E-state index is 0.0562. The second-order valence-corrected chi connectivity index (χ2v) is 3.75. The first-order valence-corrected chi connectivity index (χ1v) is 5.23. The molecule has 0 radical (unpaired) electrons. The molecule has 1 aliphatic rings. The third-order valence-corrected chi connectivity index (χ3v) is 2.57. The van der Waals surface area contributed by atoms with E-state index >= 15 is 0 Å². The normalized spacial score (nSPS) is 24.0. The summed E-state index contributed by atoms with van der Waals surface area (Å²) >= 11 is 0. The van der Waals surface area contributed by atoms with Crippen molar-refractivity contribution in [1.29, 1.82) is 0 Å². The van der Waals surface area contributed by atoms with E-state index < -0.39 is 0 Å². The molecule has 3 heteroatoms. The molecule has 2 rings (SSSR count). The molecular formula is C13H14O3. The molecule has 0 bridgehead atoms. The Balaban J connectivity index is 2.29. The predicted octanol–water partition coefficient (Wildman–Crippen LogP) is 2.25. The van der Waals surface area contributed by atoms with E-state index in [1.54, 1.807) is 0 Å². The summed E-state index contributed by atoms with van der Waals surface area (Å²) in [5.74, 6) is -0.321. The van der Waals surface area contributed by atoms with Crippen LogP contribution in [-0.4, -0.2) is 19.2 Å². The molecule has 0 spiro atoms. The zero-order chi connectivity index (χ0) is 11.5. The zero-order valence-corrected chi connectivity index (χ0v) is 9.34. The summed E-state index contributed by atoms with van der Waals surface area (Å²) in [6, 6.07) is 9.68. The van der Waals surface area contributed by atoms with E-state index in [9.17, 15) is 4.79 Å². The van der Waals surface area contributed by atoms with Gasteiger partial charge in [-0.05, 0) is 18.6 Å². The number of carbonyl (C=O) groups excluding carboxylic acids is 1. The lowest BCUT2D eigenvalue weighted by molar-refractivity contribution is -0.137. The van der Waals surface area contributed by atoms with Gasteiger partial charge in [0.25, 0.3) is 0 Å². The molecule has 1 aliphatic heterocycles. The number of benzene rings is 1. The Morgan fingerprint density at radius 2 is 2.00 bits per heavy atom. The molecule has 0 saturated carbocycles. The molecule has 16 heavy (non-hydrogen) atoms. The van der Waals surface area contributed by atoms with Crippen molar-refractivity contribution in [1.82, 2.24) is 0 Å². The highest BCUT2D eigenvalue weighted by Crippen LogP contribution is 2.33. The van der Waals surface area contributed by atoms with Crippen LogP contribution in [0.15, 0.2) is 42.0 Å². The second kappa shape index (κ2) is 4.49. The van der Waals surface area contributed by atoms with Crippen LogP contribution in [0.2, 0.25) is 0 Å². The molecule has 2 atom stereocenters. The summed E-state index contributed by atoms with van der Waals surface area (Å²) in [5, 5.41) is 0. The van der Waals surface area contributed by atoms with Crippen molar-refractivity contribution in [3.05, 3.63) is 47.5 Å². The van der Waals surface area contributed by atoms with Gasteiger partial charge in [-0.15, -0.1) is 0 Å². The maximum absolute atomic E-state index is 11.6. The standard InChI is InChI=1S/C13H14O3/c1-9-8-11(13(14)15-2)12(16-9)10-6-4-3-5-7-10/h3-9,12H,1-2H3/t9-,12+/m1/s1. The summed E-state index contributed by atoms with van der Waals surface area (Å²) < 4.78 is 10.4. The maximum Gasteiger partial charge on any atom is 0.336 e. The Labute approximate surface area is 94.7 Å². The second-order valence-electron chi connectivity index (χ2n) is 3.75. The van der Waals surface area contributed by atoms with Gasteiger partial charge in [-0.2, -0.15) is 0 Å². The highest BCUT2D eigenvalue weighted by molar-refractivity contribution is 5.90. The van der Waals surface area contributed by atoms with Crippen LogP contribution in [0.25, 0.3) is 0 Å². The molecule has 0 amide bonds. The minimum atomic E-state index is -0.321. The van der Waals surface area contributed by atoms with Crippen molar-refractivity contribution >= 4 is 5.97 Å². The number of methoxy groups -OCH3 is 1. The molecule has 0 saturated heterocycles. The minimum Gasteiger partial charge on any atom is -0.466 e. The van der Waals surface area contributed by atoms with Crippen LogP contribution >= 0.6 is 0 Å². The molecule has 1 aromatic carbocycles. The molecule has 0 aromatic heterocycles. The van der Waals surface area contributed by atoms with E-state index in [4.69, 9.17) is 9.47 Å². The summed E-state index contributed by atoms with van der Waals surface area (Å²) in [6.45, 7) is 1.91. The molecule has 0 unspecified atom stereocenters. The fourth-order valence-electron chi connectivity index (χ4n) is 1.85. The van der Waals surface area contributed by atoms with Gasteiger partial charge in [0.15, 0.2) is 0 Å². The van der Waals surface area contributed by atoms with Gasteiger partial charge in [-0.3, -0.25) is 0 Å². The van der Waals surface area contributed by atoms with Gasteiger partial charge in [0.1, 0.15) is 6.10 Å². The van der Waals surface area contributed by atoms with Gasteiger partial charge >= 0.3 is 5.97 Å². The first-order chi connectivity index (χ1) is 7.72. The number of ether oxygens (including phenoxy) is 2. The lowest BCUT2D eigenvalue weighted by Gasteiger charge is -2.14. The van der Waals surface area contributed by atoms with E-state index in [0.717, 1.165) is 5.56 Å². The lowest BCUT2D eigenvalue weighted by Crippen LogP contribution is -2.11. The average molecular weight is 218 g/mol. The van der Waals surface area contributed by atoms with Crippen molar-refractivity contribution in [2.24, 2.45) is 0 Å². The van der Waals surface area contributed by atoms with Crippen molar-refractivity contribution in [3.8, 4) is 0 Å². The van der Waals surface area contributed by atoms with E-state index in [2.05, 4.69) is 0 Å². The Kier molecular flexibility index (Phi) is 3.06. The van der Waals surface area contributed by atoms with Gasteiger partial charge < -0.3 is 9.47 Å². The Morgan fingerprint density at radius 3 is 2.62 bits per heavy atom. The third kappa shape index (κ3) is 1.99.